The number of hydrogen-bond acceptors (Lipinski definition) is 8. The molecule has 1 rings (SSSR count). The van der Waals surface area contributed by atoms with Crippen LogP contribution in [0.5, 0.6) is 5.75 Å². The minimum atomic E-state index is -2.77. The van der Waals surface area contributed by atoms with Gasteiger partial charge in [0.05, 0.1) is 19.8 Å². The third-order valence-corrected chi connectivity index (χ3v) is 6.02. The van der Waals surface area contributed by atoms with Gasteiger partial charge in [0.2, 0.25) is 0 Å². The summed E-state index contributed by atoms with van der Waals surface area (Å²) in [6.45, 7) is 3.52. The lowest BCUT2D eigenvalue weighted by Gasteiger charge is -2.22. The lowest BCUT2D eigenvalue weighted by Crippen LogP contribution is -2.14. The second-order valence-corrected chi connectivity index (χ2v) is 8.86. The van der Waals surface area contributed by atoms with Gasteiger partial charge in [-0.15, -0.1) is 0 Å². The second-order valence-electron chi connectivity index (χ2n) is 5.74. The molecule has 0 heterocycles. The fourth-order valence-electron chi connectivity index (χ4n) is 2.13. The topological polar surface area (TPSA) is 64.6 Å². The third kappa shape index (κ3) is 9.45. The molecule has 0 N–H and O–H groups in total. The molecule has 0 spiro atoms. The molecule has 0 saturated heterocycles. The Balaban J connectivity index is 2.36. The highest BCUT2D eigenvalue weighted by Gasteiger charge is 2.20. The summed E-state index contributed by atoms with van der Waals surface area (Å²) in [6, 6.07) is 7.46. The monoisotopic (exact) mass is 422 g/mol. The van der Waals surface area contributed by atoms with Crippen LogP contribution in [0.25, 0.3) is 0 Å². The van der Waals surface area contributed by atoms with Gasteiger partial charge in [-0.1, -0.05) is 19.1 Å². The van der Waals surface area contributed by atoms with Crippen LogP contribution < -0.4 is 4.74 Å². The summed E-state index contributed by atoms with van der Waals surface area (Å²) in [7, 11) is 4.68. The van der Waals surface area contributed by atoms with Gasteiger partial charge < -0.3 is 32.5 Å². The fraction of sp³-hybridized carbons (Fsp3) is 0.667. The van der Waals surface area contributed by atoms with Crippen molar-refractivity contribution >= 4 is 18.5 Å². The summed E-state index contributed by atoms with van der Waals surface area (Å²) in [5.74, 6) is 0.925. The van der Waals surface area contributed by atoms with Gasteiger partial charge in [-0.2, -0.15) is 0 Å². The standard InChI is InChI=1S/C18H31O7PS/c1-6-22-13-15(2)14-25-26(27,21-5)24-12-11-23-17-9-7-16(8-10-17)18(19-3)20-4/h7-10,15,18H,6,11-14H2,1-5H3. The van der Waals surface area contributed by atoms with Crippen molar-refractivity contribution in [2.75, 3.05) is 54.4 Å². The highest BCUT2D eigenvalue weighted by atomic mass is 32.5. The van der Waals surface area contributed by atoms with E-state index in [-0.39, 0.29) is 12.5 Å². The van der Waals surface area contributed by atoms with Crippen LogP contribution in [0.1, 0.15) is 25.7 Å². The van der Waals surface area contributed by atoms with E-state index in [1.165, 1.54) is 7.11 Å². The van der Waals surface area contributed by atoms with E-state index in [1.54, 1.807) is 14.2 Å². The molecule has 1 aromatic carbocycles. The van der Waals surface area contributed by atoms with Gasteiger partial charge in [-0.05, 0) is 30.9 Å². The van der Waals surface area contributed by atoms with Gasteiger partial charge >= 0.3 is 6.72 Å². The van der Waals surface area contributed by atoms with Crippen molar-refractivity contribution in [3.63, 3.8) is 0 Å². The van der Waals surface area contributed by atoms with E-state index in [4.69, 9.17) is 44.3 Å². The van der Waals surface area contributed by atoms with Gasteiger partial charge in [-0.3, -0.25) is 0 Å². The molecule has 0 amide bonds. The molecule has 9 heteroatoms. The fourth-order valence-corrected chi connectivity index (χ4v) is 3.55. The zero-order valence-corrected chi connectivity index (χ0v) is 18.4. The van der Waals surface area contributed by atoms with Crippen molar-refractivity contribution in [1.29, 1.82) is 0 Å². The molecule has 2 unspecified atom stereocenters. The molecule has 0 bridgehead atoms. The molecule has 2 atom stereocenters. The molecule has 156 valence electrons. The Kier molecular flexibility index (Phi) is 12.3. The third-order valence-electron chi connectivity index (χ3n) is 3.53. The number of benzene rings is 1. The van der Waals surface area contributed by atoms with Crippen molar-refractivity contribution in [3.8, 4) is 5.75 Å². The van der Waals surface area contributed by atoms with Crippen LogP contribution in [0.3, 0.4) is 0 Å². The average Bonchev–Trinajstić information content (AvgIpc) is 2.70. The van der Waals surface area contributed by atoms with Gasteiger partial charge in [0, 0.05) is 39.4 Å². The van der Waals surface area contributed by atoms with Gasteiger partial charge in [-0.25, -0.2) is 0 Å². The molecule has 7 nitrogen and oxygen atoms in total. The van der Waals surface area contributed by atoms with Crippen LogP contribution >= 0.6 is 6.72 Å². The molecule has 0 aromatic heterocycles. The van der Waals surface area contributed by atoms with E-state index in [1.807, 2.05) is 38.1 Å². The van der Waals surface area contributed by atoms with Crippen LogP contribution in [0.4, 0.5) is 0 Å². The highest BCUT2D eigenvalue weighted by Crippen LogP contribution is 2.49. The van der Waals surface area contributed by atoms with E-state index < -0.39 is 13.0 Å². The first kappa shape index (κ1) is 24.5. The maximum atomic E-state index is 5.67. The Bertz CT molecular complexity index is 551. The normalized spacial score (nSPS) is 14.9. The minimum Gasteiger partial charge on any atom is -0.491 e. The van der Waals surface area contributed by atoms with E-state index in [0.717, 1.165) is 5.56 Å². The number of ether oxygens (including phenoxy) is 4. The molecule has 0 aliphatic heterocycles. The first-order chi connectivity index (χ1) is 13.0. The SMILES string of the molecule is CCOCC(C)COP(=S)(OC)OCCOc1ccc(C(OC)OC)cc1. The predicted octanol–water partition coefficient (Wildman–Crippen LogP) is 3.93. The summed E-state index contributed by atoms with van der Waals surface area (Å²) >= 11 is 5.36. The molecular formula is C18H31O7PS. The van der Waals surface area contributed by atoms with Gasteiger partial charge in [0.15, 0.2) is 6.29 Å². The quantitative estimate of drug-likeness (QED) is 0.239. The number of hydrogen-bond donors (Lipinski definition) is 0. The molecule has 0 aliphatic carbocycles. The summed E-state index contributed by atoms with van der Waals surface area (Å²) in [4.78, 5) is 0. The number of methoxy groups -OCH3 is 2. The van der Waals surface area contributed by atoms with E-state index >= 15 is 0 Å². The summed E-state index contributed by atoms with van der Waals surface area (Å²) in [6.07, 6.45) is -0.392. The van der Waals surface area contributed by atoms with Gasteiger partial charge in [0.25, 0.3) is 0 Å². The molecule has 1 aromatic rings. The zero-order chi connectivity index (χ0) is 20.1. The summed E-state index contributed by atoms with van der Waals surface area (Å²) in [5.41, 5.74) is 0.910. The maximum Gasteiger partial charge on any atom is 0.327 e. The van der Waals surface area contributed by atoms with E-state index in [2.05, 4.69) is 0 Å². The van der Waals surface area contributed by atoms with Crippen molar-refractivity contribution in [1.82, 2.24) is 0 Å². The Morgan fingerprint density at radius 2 is 1.63 bits per heavy atom. The Hall–Kier alpha value is -0.570. The van der Waals surface area contributed by atoms with Crippen molar-refractivity contribution in [3.05, 3.63) is 29.8 Å². The zero-order valence-electron chi connectivity index (χ0n) is 16.7. The molecular weight excluding hydrogens is 391 g/mol. The lowest BCUT2D eigenvalue weighted by atomic mass is 10.2. The smallest absolute Gasteiger partial charge is 0.327 e. The van der Waals surface area contributed by atoms with E-state index in [9.17, 15) is 0 Å². The van der Waals surface area contributed by atoms with Crippen LogP contribution in [0.2, 0.25) is 0 Å². The largest absolute Gasteiger partial charge is 0.491 e. The highest BCUT2D eigenvalue weighted by molar-refractivity contribution is 8.07. The Morgan fingerprint density at radius 1 is 0.963 bits per heavy atom. The first-order valence-electron chi connectivity index (χ1n) is 8.78. The molecule has 0 saturated carbocycles. The van der Waals surface area contributed by atoms with Crippen molar-refractivity contribution < 1.29 is 32.5 Å². The minimum absolute atomic E-state index is 0.212. The Morgan fingerprint density at radius 3 is 2.19 bits per heavy atom. The lowest BCUT2D eigenvalue weighted by molar-refractivity contribution is -0.106. The molecule has 0 fully saturated rings. The molecule has 0 aliphatic rings. The molecule has 0 radical (unpaired) electrons. The van der Waals surface area contributed by atoms with Crippen molar-refractivity contribution in [2.24, 2.45) is 5.92 Å². The van der Waals surface area contributed by atoms with Crippen LogP contribution in [0.15, 0.2) is 24.3 Å². The van der Waals surface area contributed by atoms with Crippen LogP contribution in [0, 0.1) is 5.92 Å². The predicted molar refractivity (Wildman–Crippen MR) is 108 cm³/mol. The number of rotatable bonds is 15. The van der Waals surface area contributed by atoms with Crippen molar-refractivity contribution in [2.45, 2.75) is 20.1 Å². The van der Waals surface area contributed by atoms with Crippen LogP contribution in [-0.2, 0) is 39.6 Å². The van der Waals surface area contributed by atoms with Gasteiger partial charge in [0.1, 0.15) is 12.4 Å². The average molecular weight is 422 g/mol. The maximum absolute atomic E-state index is 5.67. The molecule has 27 heavy (non-hydrogen) atoms. The van der Waals surface area contributed by atoms with E-state index in [0.29, 0.717) is 32.2 Å². The second kappa shape index (κ2) is 13.6. The summed E-state index contributed by atoms with van der Waals surface area (Å²) < 4.78 is 38.0. The van der Waals surface area contributed by atoms with Crippen LogP contribution in [-0.4, -0.2) is 54.4 Å². The first-order valence-corrected chi connectivity index (χ1v) is 11.3. The Labute approximate surface area is 167 Å². The summed E-state index contributed by atoms with van der Waals surface area (Å²) in [5, 5.41) is 0.